The van der Waals surface area contributed by atoms with E-state index in [4.69, 9.17) is 4.42 Å². The molecule has 4 heterocycles. The molecular weight excluding hydrogens is 372 g/mol. The summed E-state index contributed by atoms with van der Waals surface area (Å²) in [5.74, 6) is -1.30. The number of aryl methyl sites for hydroxylation is 2. The zero-order valence-corrected chi connectivity index (χ0v) is 16.3. The van der Waals surface area contributed by atoms with E-state index in [-0.39, 0.29) is 17.9 Å². The first kappa shape index (κ1) is 18.7. The second-order valence-electron chi connectivity index (χ2n) is 6.97. The second kappa shape index (κ2) is 7.05. The highest BCUT2D eigenvalue weighted by Gasteiger charge is 2.47. The molecule has 29 heavy (non-hydrogen) atoms. The molecule has 0 saturated carbocycles. The number of aliphatic hydroxyl groups is 1. The summed E-state index contributed by atoms with van der Waals surface area (Å²) in [5.41, 5.74) is 2.46. The van der Waals surface area contributed by atoms with Crippen molar-refractivity contribution in [1.29, 1.82) is 0 Å². The largest absolute Gasteiger partial charge is 0.507 e. The molecule has 1 aliphatic rings. The number of hydrogen-bond acceptors (Lipinski definition) is 6. The third kappa shape index (κ3) is 3.02. The number of nitrogens with zero attached hydrogens (tertiary/aromatic N) is 4. The van der Waals surface area contributed by atoms with Gasteiger partial charge in [-0.25, -0.2) is 0 Å². The Labute approximate surface area is 167 Å². The van der Waals surface area contributed by atoms with Gasteiger partial charge in [-0.05, 0) is 37.6 Å². The number of aliphatic hydroxyl groups excluding tert-OH is 1. The minimum atomic E-state index is -0.843. The lowest BCUT2D eigenvalue weighted by Gasteiger charge is -2.23. The third-order valence-corrected chi connectivity index (χ3v) is 5.17. The summed E-state index contributed by atoms with van der Waals surface area (Å²) in [4.78, 5) is 31.3. The first-order valence-corrected chi connectivity index (χ1v) is 9.11. The smallest absolute Gasteiger partial charge is 0.296 e. The molecule has 8 nitrogen and oxygen atoms in total. The van der Waals surface area contributed by atoms with Crippen LogP contribution < -0.4 is 0 Å². The van der Waals surface area contributed by atoms with Crippen LogP contribution in [0.5, 0.6) is 0 Å². The monoisotopic (exact) mass is 392 g/mol. The van der Waals surface area contributed by atoms with E-state index in [9.17, 15) is 14.7 Å². The number of ketones is 1. The first-order chi connectivity index (χ1) is 13.9. The lowest BCUT2D eigenvalue weighted by Crippen LogP contribution is -2.29. The van der Waals surface area contributed by atoms with E-state index in [0.717, 1.165) is 5.56 Å². The number of amides is 1. The normalized spacial score (nSPS) is 18.6. The lowest BCUT2D eigenvalue weighted by molar-refractivity contribution is -0.140. The van der Waals surface area contributed by atoms with Gasteiger partial charge < -0.3 is 14.4 Å². The molecule has 1 amide bonds. The number of carbonyl (C=O) groups is 2. The number of aromatic nitrogens is 3. The second-order valence-corrected chi connectivity index (χ2v) is 6.97. The number of furan rings is 1. The third-order valence-electron chi connectivity index (χ3n) is 5.17. The Morgan fingerprint density at radius 2 is 2.03 bits per heavy atom. The van der Waals surface area contributed by atoms with Crippen molar-refractivity contribution in [3.63, 3.8) is 0 Å². The van der Waals surface area contributed by atoms with Crippen molar-refractivity contribution in [1.82, 2.24) is 19.7 Å². The first-order valence-electron chi connectivity index (χ1n) is 9.11. The number of rotatable bonds is 4. The molecule has 148 valence electrons. The molecule has 0 spiro atoms. The number of hydrogen-bond donors (Lipinski definition) is 1. The van der Waals surface area contributed by atoms with Crippen LogP contribution in [0.4, 0.5) is 0 Å². The summed E-state index contributed by atoms with van der Waals surface area (Å²) in [5, 5.41) is 15.4. The summed E-state index contributed by atoms with van der Waals surface area (Å²) in [7, 11) is 1.75. The molecule has 0 radical (unpaired) electrons. The minimum absolute atomic E-state index is 0.00644. The van der Waals surface area contributed by atoms with Gasteiger partial charge in [-0.2, -0.15) is 5.10 Å². The number of carbonyl (C=O) groups excluding carboxylic acids is 2. The van der Waals surface area contributed by atoms with Crippen LogP contribution in [0.1, 0.15) is 34.3 Å². The molecule has 1 atom stereocenters. The van der Waals surface area contributed by atoms with E-state index in [1.165, 1.54) is 11.2 Å². The Kier molecular flexibility index (Phi) is 4.54. The van der Waals surface area contributed by atoms with Gasteiger partial charge >= 0.3 is 0 Å². The van der Waals surface area contributed by atoms with Crippen molar-refractivity contribution in [3.05, 3.63) is 76.8 Å². The van der Waals surface area contributed by atoms with Crippen LogP contribution in [-0.2, 0) is 23.2 Å². The maximum atomic E-state index is 13.0. The van der Waals surface area contributed by atoms with Gasteiger partial charge in [-0.1, -0.05) is 6.07 Å². The molecule has 1 saturated heterocycles. The molecule has 0 aromatic carbocycles. The van der Waals surface area contributed by atoms with Crippen molar-refractivity contribution in [2.24, 2.45) is 7.05 Å². The van der Waals surface area contributed by atoms with Crippen LogP contribution in [0.2, 0.25) is 0 Å². The molecule has 1 unspecified atom stereocenters. The maximum Gasteiger partial charge on any atom is 0.296 e. The van der Waals surface area contributed by atoms with Gasteiger partial charge in [0.25, 0.3) is 11.7 Å². The van der Waals surface area contributed by atoms with Gasteiger partial charge in [-0.15, -0.1) is 0 Å². The van der Waals surface area contributed by atoms with Crippen molar-refractivity contribution < 1.29 is 19.1 Å². The Morgan fingerprint density at radius 3 is 2.62 bits per heavy atom. The van der Waals surface area contributed by atoms with Gasteiger partial charge in [0.15, 0.2) is 0 Å². The molecule has 1 aliphatic heterocycles. The minimum Gasteiger partial charge on any atom is -0.507 e. The Morgan fingerprint density at radius 1 is 1.24 bits per heavy atom. The molecule has 0 aliphatic carbocycles. The quantitative estimate of drug-likeness (QED) is 0.416. The molecule has 0 bridgehead atoms. The summed E-state index contributed by atoms with van der Waals surface area (Å²) < 4.78 is 7.16. The van der Waals surface area contributed by atoms with E-state index in [1.54, 1.807) is 56.2 Å². The lowest BCUT2D eigenvalue weighted by atomic mass is 9.98. The zero-order valence-electron chi connectivity index (χ0n) is 16.3. The molecule has 3 aromatic heterocycles. The highest BCUT2D eigenvalue weighted by atomic mass is 16.3. The van der Waals surface area contributed by atoms with Crippen molar-refractivity contribution in [3.8, 4) is 0 Å². The average Bonchev–Trinajstić information content (AvgIpc) is 3.37. The molecule has 1 fully saturated rings. The summed E-state index contributed by atoms with van der Waals surface area (Å²) in [6, 6.07) is 6.10. The van der Waals surface area contributed by atoms with Gasteiger partial charge in [0.2, 0.25) is 0 Å². The highest BCUT2D eigenvalue weighted by Crippen LogP contribution is 2.41. The van der Waals surface area contributed by atoms with E-state index in [0.29, 0.717) is 22.7 Å². The summed E-state index contributed by atoms with van der Waals surface area (Å²) in [6.45, 7) is 3.70. The number of Topliss-reactive ketones (excluding diaryl/α,β-unsaturated/α-hetero) is 1. The fourth-order valence-corrected chi connectivity index (χ4v) is 3.73. The van der Waals surface area contributed by atoms with Gasteiger partial charge in [0.1, 0.15) is 17.6 Å². The van der Waals surface area contributed by atoms with Crippen LogP contribution in [-0.4, -0.2) is 36.5 Å². The van der Waals surface area contributed by atoms with Crippen LogP contribution in [0.3, 0.4) is 0 Å². The standard InChI is InChI=1S/C21H20N4O4/c1-12-16(13(2)24(3)23-12)19(26)17-18(15-7-5-9-29-15)25(21(28)20(17)27)11-14-6-4-8-22-10-14/h4-10,18,26H,11H2,1-3H3. The Hall–Kier alpha value is -3.68. The highest BCUT2D eigenvalue weighted by molar-refractivity contribution is 6.46. The molecule has 3 aromatic rings. The molecule has 1 N–H and O–H groups in total. The number of pyridine rings is 1. The van der Waals surface area contributed by atoms with E-state index < -0.39 is 17.7 Å². The van der Waals surface area contributed by atoms with E-state index in [1.807, 2.05) is 6.07 Å². The van der Waals surface area contributed by atoms with E-state index >= 15 is 0 Å². The average molecular weight is 392 g/mol. The van der Waals surface area contributed by atoms with Crippen molar-refractivity contribution in [2.75, 3.05) is 0 Å². The Bertz CT molecular complexity index is 1110. The van der Waals surface area contributed by atoms with E-state index in [2.05, 4.69) is 10.1 Å². The fourth-order valence-electron chi connectivity index (χ4n) is 3.73. The van der Waals surface area contributed by atoms with Gasteiger partial charge in [-0.3, -0.25) is 19.3 Å². The number of likely N-dealkylation sites (tertiary alicyclic amines) is 1. The SMILES string of the molecule is Cc1nn(C)c(C)c1C(O)=C1C(=O)C(=O)N(Cc2cccnc2)C1c1ccco1. The Balaban J connectivity index is 1.88. The van der Waals surface area contributed by atoms with Crippen LogP contribution in [0.15, 0.2) is 52.9 Å². The maximum absolute atomic E-state index is 13.0. The summed E-state index contributed by atoms with van der Waals surface area (Å²) >= 11 is 0. The van der Waals surface area contributed by atoms with Crippen LogP contribution >= 0.6 is 0 Å². The zero-order chi connectivity index (χ0) is 20.7. The molecular formula is C21H20N4O4. The van der Waals surface area contributed by atoms with Crippen LogP contribution in [0, 0.1) is 13.8 Å². The van der Waals surface area contributed by atoms with Crippen LogP contribution in [0.25, 0.3) is 5.76 Å². The molecule has 4 rings (SSSR count). The summed E-state index contributed by atoms with van der Waals surface area (Å²) in [6.07, 6.45) is 4.74. The predicted octanol–water partition coefficient (Wildman–Crippen LogP) is 2.65. The van der Waals surface area contributed by atoms with Crippen molar-refractivity contribution in [2.45, 2.75) is 26.4 Å². The van der Waals surface area contributed by atoms with Gasteiger partial charge in [0, 0.05) is 31.7 Å². The fraction of sp³-hybridized carbons (Fsp3) is 0.238. The van der Waals surface area contributed by atoms with Gasteiger partial charge in [0.05, 0.1) is 23.1 Å². The molecule has 8 heteroatoms. The predicted molar refractivity (Wildman–Crippen MR) is 103 cm³/mol. The van der Waals surface area contributed by atoms with Crippen molar-refractivity contribution >= 4 is 17.4 Å². The topological polar surface area (TPSA) is 101 Å².